The van der Waals surface area contributed by atoms with Crippen LogP contribution in [-0.2, 0) is 0 Å². The van der Waals surface area contributed by atoms with E-state index in [9.17, 15) is 17.6 Å². The second kappa shape index (κ2) is 6.11. The van der Waals surface area contributed by atoms with Crippen LogP contribution in [-0.4, -0.2) is 26.7 Å². The first-order valence-electron chi connectivity index (χ1n) is 5.76. The van der Waals surface area contributed by atoms with Crippen molar-refractivity contribution < 1.29 is 17.6 Å². The van der Waals surface area contributed by atoms with Gasteiger partial charge in [0.05, 0.1) is 5.75 Å². The Labute approximate surface area is 136 Å². The van der Waals surface area contributed by atoms with Gasteiger partial charge in [-0.1, -0.05) is 11.8 Å². The van der Waals surface area contributed by atoms with E-state index in [4.69, 9.17) is 0 Å². The van der Waals surface area contributed by atoms with Crippen molar-refractivity contribution in [1.29, 1.82) is 0 Å². The van der Waals surface area contributed by atoms with E-state index in [1.54, 1.807) is 19.9 Å². The molecule has 0 unspecified atom stereocenters. The minimum atomic E-state index is -4.30. The molecule has 0 aliphatic carbocycles. The van der Waals surface area contributed by atoms with Crippen molar-refractivity contribution in [3.05, 3.63) is 32.9 Å². The normalized spacial score (nSPS) is 12.0. The van der Waals surface area contributed by atoms with Crippen molar-refractivity contribution in [1.82, 2.24) is 14.8 Å². The highest BCUT2D eigenvalue weighted by Crippen LogP contribution is 2.27. The lowest BCUT2D eigenvalue weighted by Crippen LogP contribution is -2.10. The molecule has 114 valence electrons. The van der Waals surface area contributed by atoms with Gasteiger partial charge in [0.25, 0.3) is 0 Å². The molecule has 0 atom stereocenters. The van der Waals surface area contributed by atoms with Crippen molar-refractivity contribution in [3.8, 4) is 5.69 Å². The molecule has 1 aromatic heterocycles. The lowest BCUT2D eigenvalue weighted by molar-refractivity contribution is -0.105. The minimum Gasteiger partial charge on any atom is -0.214 e. The molecule has 1 heterocycles. The zero-order valence-electron chi connectivity index (χ0n) is 11.0. The molecule has 0 saturated heterocycles. The van der Waals surface area contributed by atoms with Crippen LogP contribution in [0.5, 0.6) is 0 Å². The lowest BCUT2D eigenvalue weighted by atomic mass is 10.2. The molecule has 2 rings (SSSR count). The number of rotatable bonds is 3. The molecule has 2 aromatic rings. The predicted molar refractivity (Wildman–Crippen MR) is 80.3 cm³/mol. The number of aryl methyl sites for hydroxylation is 2. The van der Waals surface area contributed by atoms with E-state index in [1.165, 1.54) is 10.7 Å². The molecule has 0 spiro atoms. The first kappa shape index (κ1) is 16.5. The number of hydrogen-bond acceptors (Lipinski definition) is 3. The van der Waals surface area contributed by atoms with Gasteiger partial charge in [0.1, 0.15) is 17.3 Å². The van der Waals surface area contributed by atoms with Crippen LogP contribution in [0.1, 0.15) is 11.4 Å². The molecule has 21 heavy (non-hydrogen) atoms. The number of alkyl halides is 3. The monoisotopic (exact) mass is 431 g/mol. The fourth-order valence-electron chi connectivity index (χ4n) is 1.60. The summed E-state index contributed by atoms with van der Waals surface area (Å²) in [5.41, 5.74) is 0.954. The predicted octanol–water partition coefficient (Wildman–Crippen LogP) is 4.28. The Morgan fingerprint density at radius 3 is 2.57 bits per heavy atom. The van der Waals surface area contributed by atoms with Crippen LogP contribution in [0.15, 0.2) is 17.3 Å². The third-order valence-electron chi connectivity index (χ3n) is 2.57. The molecule has 9 heteroatoms. The van der Waals surface area contributed by atoms with E-state index < -0.39 is 17.7 Å². The van der Waals surface area contributed by atoms with Crippen molar-refractivity contribution in [2.45, 2.75) is 25.2 Å². The summed E-state index contributed by atoms with van der Waals surface area (Å²) in [5, 5.41) is 3.91. The number of thioether (sulfide) groups is 1. The molecule has 0 aliphatic rings. The Balaban J connectivity index is 2.33. The fraction of sp³-hybridized carbons (Fsp3) is 0.333. The van der Waals surface area contributed by atoms with E-state index in [-0.39, 0.29) is 10.8 Å². The van der Waals surface area contributed by atoms with Gasteiger partial charge in [0.2, 0.25) is 5.16 Å². The fourth-order valence-corrected chi connectivity index (χ4v) is 2.68. The van der Waals surface area contributed by atoms with E-state index >= 15 is 0 Å². The van der Waals surface area contributed by atoms with Crippen molar-refractivity contribution in [2.75, 3.05) is 5.75 Å². The molecule has 1 aromatic carbocycles. The quantitative estimate of drug-likeness (QED) is 0.413. The Bertz CT molecular complexity index is 669. The summed E-state index contributed by atoms with van der Waals surface area (Å²) in [6.45, 7) is 3.34. The SMILES string of the molecule is Cc1cc(F)c(-n2nc(SCC(F)(F)F)nc2C)cc1I. The van der Waals surface area contributed by atoms with Crippen LogP contribution in [0, 0.1) is 23.2 Å². The number of benzene rings is 1. The number of nitrogens with zero attached hydrogens (tertiary/aromatic N) is 3. The molecule has 0 N–H and O–H groups in total. The van der Waals surface area contributed by atoms with Gasteiger partial charge >= 0.3 is 6.18 Å². The Morgan fingerprint density at radius 1 is 1.29 bits per heavy atom. The third-order valence-corrected chi connectivity index (χ3v) is 4.64. The Morgan fingerprint density at radius 2 is 1.95 bits per heavy atom. The maximum atomic E-state index is 14.0. The van der Waals surface area contributed by atoms with Gasteiger partial charge in [-0.05, 0) is 54.1 Å². The molecular formula is C12H10F4IN3S. The second-order valence-corrected chi connectivity index (χ2v) is 6.41. The van der Waals surface area contributed by atoms with Gasteiger partial charge in [-0.15, -0.1) is 5.10 Å². The topological polar surface area (TPSA) is 30.7 Å². The third kappa shape index (κ3) is 4.09. The second-order valence-electron chi connectivity index (χ2n) is 4.31. The van der Waals surface area contributed by atoms with Gasteiger partial charge in [0, 0.05) is 3.57 Å². The average Bonchev–Trinajstić information content (AvgIpc) is 2.72. The highest BCUT2D eigenvalue weighted by Gasteiger charge is 2.28. The van der Waals surface area contributed by atoms with Gasteiger partial charge in [-0.2, -0.15) is 13.2 Å². The number of hydrogen-bond donors (Lipinski definition) is 0. The molecule has 3 nitrogen and oxygen atoms in total. The molecule has 0 saturated carbocycles. The van der Waals surface area contributed by atoms with Crippen LogP contribution < -0.4 is 0 Å². The van der Waals surface area contributed by atoms with Gasteiger partial charge in [-0.25, -0.2) is 14.1 Å². The van der Waals surface area contributed by atoms with E-state index in [1.807, 2.05) is 0 Å². The van der Waals surface area contributed by atoms with E-state index in [0.717, 1.165) is 9.13 Å². The van der Waals surface area contributed by atoms with Crippen LogP contribution >= 0.6 is 34.4 Å². The summed E-state index contributed by atoms with van der Waals surface area (Å²) in [7, 11) is 0. The average molecular weight is 431 g/mol. The van der Waals surface area contributed by atoms with Crippen LogP contribution in [0.3, 0.4) is 0 Å². The van der Waals surface area contributed by atoms with Gasteiger partial charge < -0.3 is 0 Å². The lowest BCUT2D eigenvalue weighted by Gasteiger charge is -2.07. The summed E-state index contributed by atoms with van der Waals surface area (Å²) in [4.78, 5) is 3.93. The highest BCUT2D eigenvalue weighted by atomic mass is 127. The number of aromatic nitrogens is 3. The van der Waals surface area contributed by atoms with Gasteiger partial charge in [-0.3, -0.25) is 0 Å². The van der Waals surface area contributed by atoms with Crippen LogP contribution in [0.4, 0.5) is 17.6 Å². The molecule has 0 bridgehead atoms. The van der Waals surface area contributed by atoms with Crippen LogP contribution in [0.2, 0.25) is 0 Å². The smallest absolute Gasteiger partial charge is 0.214 e. The molecule has 0 amide bonds. The van der Waals surface area contributed by atoms with Crippen molar-refractivity contribution in [3.63, 3.8) is 0 Å². The maximum Gasteiger partial charge on any atom is 0.398 e. The minimum absolute atomic E-state index is 0.0280. The van der Waals surface area contributed by atoms with E-state index in [2.05, 4.69) is 32.7 Å². The zero-order chi connectivity index (χ0) is 15.8. The Kier molecular flexibility index (Phi) is 4.81. The first-order chi connectivity index (χ1) is 9.67. The molecule has 0 fully saturated rings. The summed E-state index contributed by atoms with van der Waals surface area (Å²) < 4.78 is 52.6. The van der Waals surface area contributed by atoms with Crippen molar-refractivity contribution >= 4 is 34.4 Å². The molecule has 0 aliphatic heterocycles. The van der Waals surface area contributed by atoms with Crippen LogP contribution in [0.25, 0.3) is 5.69 Å². The number of halogens is 5. The standard InChI is InChI=1S/C12H10F4IN3S/c1-6-3-8(13)10(4-9(6)17)20-7(2)18-11(19-20)21-5-12(14,15)16/h3-4H,5H2,1-2H3. The summed E-state index contributed by atoms with van der Waals surface area (Å²) in [6.07, 6.45) is -4.30. The van der Waals surface area contributed by atoms with E-state index in [0.29, 0.717) is 17.6 Å². The summed E-state index contributed by atoms with van der Waals surface area (Å²) >= 11 is 2.53. The highest BCUT2D eigenvalue weighted by molar-refractivity contribution is 14.1. The first-order valence-corrected chi connectivity index (χ1v) is 7.83. The summed E-state index contributed by atoms with van der Waals surface area (Å²) in [5.74, 6) is -1.24. The van der Waals surface area contributed by atoms with Gasteiger partial charge in [0.15, 0.2) is 0 Å². The molecule has 0 radical (unpaired) electrons. The Hall–Kier alpha value is -0.840. The maximum absolute atomic E-state index is 14.0. The largest absolute Gasteiger partial charge is 0.398 e. The zero-order valence-corrected chi connectivity index (χ0v) is 14.0. The van der Waals surface area contributed by atoms with Crippen molar-refractivity contribution in [2.24, 2.45) is 0 Å². The summed E-state index contributed by atoms with van der Waals surface area (Å²) in [6, 6.07) is 2.95. The molecular weight excluding hydrogens is 421 g/mol.